The predicted octanol–water partition coefficient (Wildman–Crippen LogP) is -18.1. The van der Waals surface area contributed by atoms with E-state index in [-0.39, 0.29) is 102 Å². The van der Waals surface area contributed by atoms with Crippen LogP contribution in [0.1, 0.15) is 0 Å². The van der Waals surface area contributed by atoms with Gasteiger partial charge in [-0.3, -0.25) is 0 Å². The molecule has 260 valence electrons. The molecule has 0 amide bonds. The summed E-state index contributed by atoms with van der Waals surface area (Å²) < 4.78 is 36.5. The maximum atomic E-state index is 11.9. The number of hydrogen-bond acceptors (Lipinski definition) is 19. The molecule has 19 nitrogen and oxygen atoms in total. The molecule has 22 heteroatoms. The van der Waals surface area contributed by atoms with Gasteiger partial charge in [0.1, 0.15) is 54.9 Å². The van der Waals surface area contributed by atoms with Crippen LogP contribution in [-0.2, 0) is 47.5 Å². The smallest absolute Gasteiger partial charge is 0.547 e. The van der Waals surface area contributed by atoms with Gasteiger partial charge in [-0.25, -0.2) is 0 Å². The fraction of sp³-hybridized carbons (Fsp3) is 0.885. The zero-order chi connectivity index (χ0) is 33.6. The third-order valence-electron chi connectivity index (χ3n) is 8.21. The van der Waals surface area contributed by atoms with E-state index in [2.05, 4.69) is 0 Å². The largest absolute Gasteiger partial charge is 1.00 e. The Morgan fingerprint density at radius 1 is 0.479 bits per heavy atom. The summed E-state index contributed by atoms with van der Waals surface area (Å²) in [5, 5.41) is 97.9. The van der Waals surface area contributed by atoms with Gasteiger partial charge < -0.3 is 93.5 Å². The standard InChI is InChI=1S/C26H42O19.3Na/c1-39-3-9-15(27)19(31)13(44-21(9)24(33)34)7-42-5-11-17(29)20(32)14(45-23(11)26(37)38)8-41-4-10-16(28)18(30)12(6-40-2)43-22(10)25(35)36;;;/h9-23,27-32H,3-8H2,1-2H3,(H,33,34)(H,35,36)(H,37,38);;;/q;3*+1/p-3. The summed E-state index contributed by atoms with van der Waals surface area (Å²) in [4.78, 5) is 35.0. The molecule has 3 aliphatic rings. The van der Waals surface area contributed by atoms with Crippen molar-refractivity contribution in [3.8, 4) is 0 Å². The van der Waals surface area contributed by atoms with Crippen LogP contribution in [0.3, 0.4) is 0 Å². The molecule has 48 heavy (non-hydrogen) atoms. The quantitative estimate of drug-likeness (QED) is 0.0854. The number of rotatable bonds is 15. The van der Waals surface area contributed by atoms with Crippen molar-refractivity contribution >= 4 is 17.9 Å². The molecule has 0 aromatic rings. The third kappa shape index (κ3) is 12.0. The first-order valence-corrected chi connectivity index (χ1v) is 14.1. The van der Waals surface area contributed by atoms with Gasteiger partial charge in [-0.1, -0.05) is 0 Å². The number of carbonyl (C=O) groups is 3. The average Bonchev–Trinajstić information content (AvgIpc) is 2.98. The van der Waals surface area contributed by atoms with E-state index in [1.165, 1.54) is 14.2 Å². The van der Waals surface area contributed by atoms with Gasteiger partial charge >= 0.3 is 88.7 Å². The average molecular weight is 725 g/mol. The Morgan fingerprint density at radius 2 is 0.750 bits per heavy atom. The normalized spacial score (nSPS) is 39.6. The topological polar surface area (TPSA) is 306 Å². The fourth-order valence-electron chi connectivity index (χ4n) is 5.73. The SMILES string of the molecule is COCC1OC(C(=O)[O-])C(COCC2OC(C(=O)[O-])C(COCC3OC(C(=O)[O-])C(COC)C(O)C3O)C(O)C2O)C(O)C1O.[Na+].[Na+].[Na+]. The van der Waals surface area contributed by atoms with E-state index in [4.69, 9.17) is 33.2 Å². The molecule has 0 aromatic carbocycles. The first kappa shape index (κ1) is 48.9. The van der Waals surface area contributed by atoms with E-state index in [0.717, 1.165) is 0 Å². The Bertz CT molecular complexity index is 998. The summed E-state index contributed by atoms with van der Waals surface area (Å²) in [6.07, 6.45) is -19.3. The molecule has 0 saturated carbocycles. The third-order valence-corrected chi connectivity index (χ3v) is 8.21. The van der Waals surface area contributed by atoms with Crippen molar-refractivity contribution in [2.45, 2.75) is 73.2 Å². The van der Waals surface area contributed by atoms with E-state index >= 15 is 0 Å². The zero-order valence-corrected chi connectivity index (χ0v) is 33.4. The van der Waals surface area contributed by atoms with E-state index in [9.17, 15) is 60.3 Å². The molecular formula is C26H39Na3O19. The van der Waals surface area contributed by atoms with E-state index in [1.807, 2.05) is 0 Å². The summed E-state index contributed by atoms with van der Waals surface area (Å²) in [5.41, 5.74) is 0. The summed E-state index contributed by atoms with van der Waals surface area (Å²) >= 11 is 0. The Kier molecular flexibility index (Phi) is 23.3. The van der Waals surface area contributed by atoms with Crippen LogP contribution in [0.25, 0.3) is 0 Å². The van der Waals surface area contributed by atoms with Gasteiger partial charge in [0.15, 0.2) is 0 Å². The van der Waals surface area contributed by atoms with Crippen molar-refractivity contribution in [1.82, 2.24) is 0 Å². The molecule has 0 radical (unpaired) electrons. The second kappa shape index (κ2) is 22.8. The Labute approximate surface area is 342 Å². The van der Waals surface area contributed by atoms with Crippen molar-refractivity contribution in [2.75, 3.05) is 53.9 Å². The molecule has 15 unspecified atom stereocenters. The molecular weight excluding hydrogens is 685 g/mol. The Morgan fingerprint density at radius 3 is 1.02 bits per heavy atom. The molecule has 0 aliphatic carbocycles. The van der Waals surface area contributed by atoms with Crippen LogP contribution in [0, 0.1) is 17.8 Å². The fourth-order valence-corrected chi connectivity index (χ4v) is 5.73. The minimum Gasteiger partial charge on any atom is -0.547 e. The Balaban J connectivity index is 0.00000736. The monoisotopic (exact) mass is 724 g/mol. The number of aliphatic carboxylic acids is 3. The van der Waals surface area contributed by atoms with E-state index in [1.54, 1.807) is 0 Å². The molecule has 3 aliphatic heterocycles. The molecule has 3 saturated heterocycles. The molecule has 3 heterocycles. The van der Waals surface area contributed by atoms with Gasteiger partial charge in [0.05, 0.1) is 75.9 Å². The van der Waals surface area contributed by atoms with Crippen molar-refractivity contribution in [3.05, 3.63) is 0 Å². The molecule has 0 bridgehead atoms. The summed E-state index contributed by atoms with van der Waals surface area (Å²) in [7, 11) is 2.53. The van der Waals surface area contributed by atoms with Gasteiger partial charge in [0, 0.05) is 32.0 Å². The maximum Gasteiger partial charge on any atom is 1.00 e. The van der Waals surface area contributed by atoms with Gasteiger partial charge in [0.2, 0.25) is 0 Å². The van der Waals surface area contributed by atoms with Crippen LogP contribution in [0.15, 0.2) is 0 Å². The van der Waals surface area contributed by atoms with E-state index in [0.29, 0.717) is 0 Å². The Hall–Kier alpha value is 0.890. The van der Waals surface area contributed by atoms with Crippen LogP contribution in [0.5, 0.6) is 0 Å². The number of carboxylic acid groups (broad SMARTS) is 3. The number of ether oxygens (including phenoxy) is 7. The zero-order valence-electron chi connectivity index (χ0n) is 27.4. The van der Waals surface area contributed by atoms with E-state index < -0.39 is 135 Å². The molecule has 3 rings (SSSR count). The molecule has 3 fully saturated rings. The summed E-state index contributed by atoms with van der Waals surface area (Å²) in [6.45, 7) is -2.87. The first-order valence-electron chi connectivity index (χ1n) is 14.1. The predicted molar refractivity (Wildman–Crippen MR) is 133 cm³/mol. The van der Waals surface area contributed by atoms with Crippen molar-refractivity contribution in [2.24, 2.45) is 17.8 Å². The number of hydrogen-bond donors (Lipinski definition) is 6. The molecule has 15 atom stereocenters. The van der Waals surface area contributed by atoms with Crippen LogP contribution >= 0.6 is 0 Å². The number of methoxy groups -OCH3 is 2. The number of carbonyl (C=O) groups excluding carboxylic acids is 3. The van der Waals surface area contributed by atoms with Crippen LogP contribution in [0.4, 0.5) is 0 Å². The minimum atomic E-state index is -1.88. The van der Waals surface area contributed by atoms with Crippen LogP contribution < -0.4 is 104 Å². The molecule has 0 spiro atoms. The number of aliphatic hydroxyl groups excluding tert-OH is 6. The number of carboxylic acids is 3. The second-order valence-electron chi connectivity index (χ2n) is 11.2. The summed E-state index contributed by atoms with van der Waals surface area (Å²) in [5.74, 6) is -9.14. The molecule has 6 N–H and O–H groups in total. The first-order chi connectivity index (χ1) is 21.2. The van der Waals surface area contributed by atoms with Crippen molar-refractivity contribution in [1.29, 1.82) is 0 Å². The van der Waals surface area contributed by atoms with Crippen LogP contribution in [0.2, 0.25) is 0 Å². The minimum absolute atomic E-state index is 0. The van der Waals surface area contributed by atoms with Crippen molar-refractivity contribution < 1.29 is 182 Å². The van der Waals surface area contributed by atoms with Gasteiger partial charge in [-0.15, -0.1) is 0 Å². The number of aliphatic hydroxyl groups is 6. The molecule has 0 aromatic heterocycles. The maximum absolute atomic E-state index is 11.9. The van der Waals surface area contributed by atoms with Gasteiger partial charge in [-0.05, 0) is 0 Å². The van der Waals surface area contributed by atoms with Crippen LogP contribution in [-0.4, -0.2) is 176 Å². The van der Waals surface area contributed by atoms with Gasteiger partial charge in [0.25, 0.3) is 0 Å². The second-order valence-corrected chi connectivity index (χ2v) is 11.2. The van der Waals surface area contributed by atoms with Crippen molar-refractivity contribution in [3.63, 3.8) is 0 Å². The van der Waals surface area contributed by atoms with Gasteiger partial charge in [-0.2, -0.15) is 0 Å². The summed E-state index contributed by atoms with van der Waals surface area (Å²) in [6, 6.07) is 0.